The number of ether oxygens (including phenoxy) is 1. The molecule has 0 bridgehead atoms. The minimum Gasteiger partial charge on any atom is -0.423 e. The zero-order chi connectivity index (χ0) is 17.3. The highest BCUT2D eigenvalue weighted by Crippen LogP contribution is 2.32. The molecule has 0 fully saturated rings. The molecule has 1 aliphatic heterocycles. The van der Waals surface area contributed by atoms with E-state index in [0.29, 0.717) is 5.75 Å². The van der Waals surface area contributed by atoms with Gasteiger partial charge in [-0.3, -0.25) is 4.79 Å². The number of hydrogen-bond donors (Lipinski definition) is 1. The average Bonchev–Trinajstić information content (AvgIpc) is 2.51. The van der Waals surface area contributed by atoms with Gasteiger partial charge in [-0.05, 0) is 77.9 Å². The van der Waals surface area contributed by atoms with Crippen molar-refractivity contribution in [3.63, 3.8) is 0 Å². The van der Waals surface area contributed by atoms with Gasteiger partial charge in [0.05, 0.1) is 12.2 Å². The number of fused-ring (bicyclic) bond motifs is 1. The highest BCUT2D eigenvalue weighted by molar-refractivity contribution is 14.1. The molecule has 24 heavy (non-hydrogen) atoms. The molecule has 1 aliphatic rings. The van der Waals surface area contributed by atoms with Gasteiger partial charge in [-0.25, -0.2) is 4.79 Å². The summed E-state index contributed by atoms with van der Waals surface area (Å²) in [6.07, 6.45) is 0. The number of nitrogens with one attached hydrogen (secondary N) is 1. The molecule has 2 aromatic rings. The molecule has 0 unspecified atom stereocenters. The summed E-state index contributed by atoms with van der Waals surface area (Å²) in [6.45, 7) is 4.07. The van der Waals surface area contributed by atoms with Crippen molar-refractivity contribution >= 4 is 45.8 Å². The summed E-state index contributed by atoms with van der Waals surface area (Å²) in [5.74, 6) is -0.0267. The molecular formula is C18H17IN2O3. The van der Waals surface area contributed by atoms with Crippen LogP contribution in [0.5, 0.6) is 5.75 Å². The molecule has 1 N–H and O–H groups in total. The first-order chi connectivity index (χ1) is 11.4. The number of amides is 1. The Morgan fingerprint density at radius 2 is 2.04 bits per heavy atom. The van der Waals surface area contributed by atoms with Crippen LogP contribution in [0.4, 0.5) is 11.4 Å². The Labute approximate surface area is 154 Å². The number of nitrogens with zero attached hydrogens (tertiary/aromatic N) is 1. The minimum absolute atomic E-state index is 0.0650. The topological polar surface area (TPSA) is 58.6 Å². The van der Waals surface area contributed by atoms with Crippen molar-refractivity contribution in [2.45, 2.75) is 13.8 Å². The van der Waals surface area contributed by atoms with E-state index in [1.54, 1.807) is 11.0 Å². The van der Waals surface area contributed by atoms with Gasteiger partial charge in [-0.15, -0.1) is 0 Å². The van der Waals surface area contributed by atoms with Crippen molar-refractivity contribution in [1.82, 2.24) is 0 Å². The van der Waals surface area contributed by atoms with Gasteiger partial charge in [-0.2, -0.15) is 0 Å². The number of esters is 1. The molecule has 124 valence electrons. The molecule has 1 heterocycles. The maximum absolute atomic E-state index is 12.4. The van der Waals surface area contributed by atoms with Crippen molar-refractivity contribution in [3.8, 4) is 5.75 Å². The maximum Gasteiger partial charge on any atom is 0.331 e. The first kappa shape index (κ1) is 16.8. The summed E-state index contributed by atoms with van der Waals surface area (Å²) in [4.78, 5) is 25.9. The zero-order valence-corrected chi connectivity index (χ0v) is 15.6. The van der Waals surface area contributed by atoms with E-state index in [4.69, 9.17) is 4.74 Å². The lowest BCUT2D eigenvalue weighted by molar-refractivity contribution is -0.133. The van der Waals surface area contributed by atoms with Crippen LogP contribution in [0.15, 0.2) is 36.4 Å². The van der Waals surface area contributed by atoms with E-state index in [1.165, 1.54) is 0 Å². The molecule has 3 rings (SSSR count). The average molecular weight is 436 g/mol. The molecule has 1 amide bonds. The third kappa shape index (κ3) is 3.69. The van der Waals surface area contributed by atoms with Crippen molar-refractivity contribution in [1.29, 1.82) is 0 Å². The number of rotatable bonds is 3. The molecule has 5 nitrogen and oxygen atoms in total. The molecule has 0 saturated heterocycles. The molecule has 6 heteroatoms. The fraction of sp³-hybridized carbons (Fsp3) is 0.222. The molecule has 0 radical (unpaired) electrons. The third-order valence-electron chi connectivity index (χ3n) is 3.80. The van der Waals surface area contributed by atoms with Crippen LogP contribution in [0.25, 0.3) is 0 Å². The Hall–Kier alpha value is -2.09. The van der Waals surface area contributed by atoms with Crippen molar-refractivity contribution < 1.29 is 14.3 Å². The molecule has 2 aromatic carbocycles. The Morgan fingerprint density at radius 3 is 2.79 bits per heavy atom. The van der Waals surface area contributed by atoms with Gasteiger partial charge >= 0.3 is 5.97 Å². The van der Waals surface area contributed by atoms with Gasteiger partial charge < -0.3 is 15.0 Å². The van der Waals surface area contributed by atoms with Crippen molar-refractivity contribution in [2.24, 2.45) is 0 Å². The van der Waals surface area contributed by atoms with E-state index in [9.17, 15) is 9.59 Å². The normalized spacial score (nSPS) is 13.3. The minimum atomic E-state index is -0.357. The van der Waals surface area contributed by atoms with E-state index in [0.717, 1.165) is 26.1 Å². The number of carbonyl (C=O) groups is 2. The summed E-state index contributed by atoms with van der Waals surface area (Å²) in [7, 11) is 0. The van der Waals surface area contributed by atoms with Crippen LogP contribution in [0.1, 0.15) is 11.1 Å². The summed E-state index contributed by atoms with van der Waals surface area (Å²) in [5.41, 5.74) is 3.60. The summed E-state index contributed by atoms with van der Waals surface area (Å²) < 4.78 is 6.35. The third-order valence-corrected chi connectivity index (χ3v) is 4.47. The van der Waals surface area contributed by atoms with Crippen molar-refractivity contribution in [3.05, 3.63) is 51.1 Å². The quantitative estimate of drug-likeness (QED) is 0.456. The Bertz CT molecular complexity index is 820. The van der Waals surface area contributed by atoms with Crippen LogP contribution in [0.3, 0.4) is 0 Å². The molecular weight excluding hydrogens is 419 g/mol. The van der Waals surface area contributed by atoms with Gasteiger partial charge in [0, 0.05) is 9.26 Å². The van der Waals surface area contributed by atoms with E-state index >= 15 is 0 Å². The number of anilines is 2. The lowest BCUT2D eigenvalue weighted by Crippen LogP contribution is -2.41. The zero-order valence-electron chi connectivity index (χ0n) is 13.4. The largest absolute Gasteiger partial charge is 0.423 e. The van der Waals surface area contributed by atoms with Crippen LogP contribution in [0.2, 0.25) is 0 Å². The standard InChI is InChI=1S/C18H17IN2O3/c1-11-3-6-16-15(7-11)21(10-18(23)24-16)9-17(22)20-14-5-4-13(19)8-12(14)2/h3-8H,9-10H2,1-2H3,(H,20,22). The van der Waals surface area contributed by atoms with E-state index in [1.807, 2.05) is 44.2 Å². The predicted octanol–water partition coefficient (Wildman–Crippen LogP) is 3.27. The predicted molar refractivity (Wildman–Crippen MR) is 102 cm³/mol. The van der Waals surface area contributed by atoms with Crippen LogP contribution in [0, 0.1) is 17.4 Å². The van der Waals surface area contributed by atoms with Gasteiger partial charge in [0.1, 0.15) is 6.54 Å². The highest BCUT2D eigenvalue weighted by Gasteiger charge is 2.25. The van der Waals surface area contributed by atoms with Crippen LogP contribution in [-0.4, -0.2) is 25.0 Å². The second kappa shape index (κ2) is 6.80. The first-order valence-electron chi connectivity index (χ1n) is 7.54. The summed E-state index contributed by atoms with van der Waals surface area (Å²) in [6, 6.07) is 11.4. The lowest BCUT2D eigenvalue weighted by Gasteiger charge is -2.29. The van der Waals surface area contributed by atoms with Gasteiger partial charge in [0.2, 0.25) is 5.91 Å². The van der Waals surface area contributed by atoms with E-state index in [2.05, 4.69) is 27.9 Å². The van der Waals surface area contributed by atoms with Crippen LogP contribution < -0.4 is 15.0 Å². The second-order valence-electron chi connectivity index (χ2n) is 5.81. The Balaban J connectivity index is 1.77. The van der Waals surface area contributed by atoms with Gasteiger partial charge in [-0.1, -0.05) is 6.07 Å². The molecule has 0 saturated carbocycles. The van der Waals surface area contributed by atoms with Gasteiger partial charge in [0.15, 0.2) is 5.75 Å². The number of benzene rings is 2. The smallest absolute Gasteiger partial charge is 0.331 e. The van der Waals surface area contributed by atoms with Gasteiger partial charge in [0.25, 0.3) is 0 Å². The lowest BCUT2D eigenvalue weighted by atomic mass is 10.1. The monoisotopic (exact) mass is 436 g/mol. The van der Waals surface area contributed by atoms with E-state index < -0.39 is 0 Å². The molecule has 0 aromatic heterocycles. The Kier molecular flexibility index (Phi) is 4.75. The van der Waals surface area contributed by atoms with Crippen LogP contribution >= 0.6 is 22.6 Å². The fourth-order valence-electron chi connectivity index (χ4n) is 2.63. The maximum atomic E-state index is 12.4. The number of carbonyl (C=O) groups excluding carboxylic acids is 2. The molecule has 0 atom stereocenters. The van der Waals surface area contributed by atoms with Crippen LogP contribution in [-0.2, 0) is 9.59 Å². The molecule has 0 aliphatic carbocycles. The Morgan fingerprint density at radius 1 is 1.25 bits per heavy atom. The number of halogens is 1. The highest BCUT2D eigenvalue weighted by atomic mass is 127. The number of hydrogen-bond acceptors (Lipinski definition) is 4. The number of aryl methyl sites for hydroxylation is 2. The fourth-order valence-corrected chi connectivity index (χ4v) is 3.28. The van der Waals surface area contributed by atoms with E-state index in [-0.39, 0.29) is 25.0 Å². The summed E-state index contributed by atoms with van der Waals surface area (Å²) in [5, 5.41) is 2.91. The SMILES string of the molecule is Cc1ccc2c(c1)N(CC(=O)Nc1ccc(I)cc1C)CC(=O)O2. The second-order valence-corrected chi connectivity index (χ2v) is 7.05. The first-order valence-corrected chi connectivity index (χ1v) is 8.62. The summed E-state index contributed by atoms with van der Waals surface area (Å²) >= 11 is 2.23. The molecule has 0 spiro atoms. The van der Waals surface area contributed by atoms with Crippen molar-refractivity contribution in [2.75, 3.05) is 23.3 Å².